The zero-order chi connectivity index (χ0) is 16.2. The molecule has 1 atom stereocenters. The molecule has 2 amide bonds. The van der Waals surface area contributed by atoms with Crippen LogP contribution in [0, 0.1) is 5.92 Å². The molecular weight excluding hydrogens is 296 g/mol. The van der Waals surface area contributed by atoms with Crippen LogP contribution in [0.15, 0.2) is 30.9 Å². The Bertz CT molecular complexity index is 699. The Kier molecular flexibility index (Phi) is 4.31. The number of nitrogens with one attached hydrogen (secondary N) is 1. The second kappa shape index (κ2) is 6.55. The molecule has 1 aliphatic rings. The molecule has 0 bridgehead atoms. The number of nitrogens with zero attached hydrogens (tertiary/aromatic N) is 5. The molecule has 1 aliphatic heterocycles. The fourth-order valence-corrected chi connectivity index (χ4v) is 2.67. The number of carbonyl (C=O) groups excluding carboxylic acids is 2. The van der Waals surface area contributed by atoms with Crippen molar-refractivity contribution in [3.8, 4) is 0 Å². The molecule has 0 saturated heterocycles. The summed E-state index contributed by atoms with van der Waals surface area (Å²) in [5.74, 6) is 0.806. The van der Waals surface area contributed by atoms with Crippen LogP contribution >= 0.6 is 0 Å². The molecule has 0 spiro atoms. The quantitative estimate of drug-likeness (QED) is 0.866. The lowest BCUT2D eigenvalue weighted by molar-refractivity contribution is -0.130. The number of aromatic nitrogens is 4. The summed E-state index contributed by atoms with van der Waals surface area (Å²) in [7, 11) is 0. The van der Waals surface area contributed by atoms with Crippen LogP contribution in [0.25, 0.3) is 0 Å². The third-order valence-corrected chi connectivity index (χ3v) is 3.91. The van der Waals surface area contributed by atoms with Crippen LogP contribution in [-0.2, 0) is 17.9 Å². The Labute approximate surface area is 133 Å². The van der Waals surface area contributed by atoms with E-state index in [1.54, 1.807) is 24.1 Å². The molecule has 0 saturated carbocycles. The fraction of sp³-hybridized carbons (Fsp3) is 0.400. The minimum Gasteiger partial charge on any atom is -0.352 e. The van der Waals surface area contributed by atoms with Gasteiger partial charge in [0.25, 0.3) is 5.91 Å². The normalized spacial score (nSPS) is 17.3. The number of carbonyl (C=O) groups is 2. The summed E-state index contributed by atoms with van der Waals surface area (Å²) >= 11 is 0. The Morgan fingerprint density at radius 2 is 2.17 bits per heavy atom. The lowest BCUT2D eigenvalue weighted by Crippen LogP contribution is -2.38. The first-order valence-electron chi connectivity index (χ1n) is 7.44. The van der Waals surface area contributed by atoms with Crippen molar-refractivity contribution in [3.63, 3.8) is 0 Å². The highest BCUT2D eigenvalue weighted by molar-refractivity contribution is 5.93. The van der Waals surface area contributed by atoms with E-state index in [2.05, 4.69) is 20.5 Å². The molecule has 1 unspecified atom stereocenters. The van der Waals surface area contributed by atoms with Crippen LogP contribution in [0.1, 0.15) is 23.1 Å². The molecule has 3 rings (SSSR count). The Balaban J connectivity index is 1.67. The molecule has 120 valence electrons. The van der Waals surface area contributed by atoms with E-state index in [0.29, 0.717) is 31.7 Å². The first-order valence-corrected chi connectivity index (χ1v) is 7.44. The van der Waals surface area contributed by atoms with E-state index in [-0.39, 0.29) is 17.7 Å². The third kappa shape index (κ3) is 3.53. The van der Waals surface area contributed by atoms with Crippen LogP contribution in [0.4, 0.5) is 0 Å². The minimum atomic E-state index is -0.190. The average Bonchev–Trinajstić information content (AvgIpc) is 2.91. The summed E-state index contributed by atoms with van der Waals surface area (Å²) in [6.45, 7) is 3.84. The van der Waals surface area contributed by atoms with Crippen molar-refractivity contribution >= 4 is 11.8 Å². The molecule has 0 radical (unpaired) electrons. The topological polar surface area (TPSA) is 93.0 Å². The highest BCUT2D eigenvalue weighted by Gasteiger charge is 2.24. The summed E-state index contributed by atoms with van der Waals surface area (Å²) in [5, 5.41) is 10.3. The number of hydrogen-bond donors (Lipinski definition) is 1. The van der Waals surface area contributed by atoms with Gasteiger partial charge in [-0.15, -0.1) is 0 Å². The van der Waals surface area contributed by atoms with Crippen LogP contribution in [-0.4, -0.2) is 49.6 Å². The van der Waals surface area contributed by atoms with E-state index < -0.39 is 0 Å². The van der Waals surface area contributed by atoms with Gasteiger partial charge in [-0.1, -0.05) is 0 Å². The van der Waals surface area contributed by atoms with Gasteiger partial charge in [-0.3, -0.25) is 9.59 Å². The Hall–Kier alpha value is -2.77. The van der Waals surface area contributed by atoms with E-state index in [1.807, 2.05) is 10.8 Å². The van der Waals surface area contributed by atoms with Crippen molar-refractivity contribution in [1.29, 1.82) is 0 Å². The maximum atomic E-state index is 12.1. The minimum absolute atomic E-state index is 0.0103. The summed E-state index contributed by atoms with van der Waals surface area (Å²) in [5.41, 5.74) is 0.473. The molecule has 0 aromatic carbocycles. The molecule has 8 heteroatoms. The van der Waals surface area contributed by atoms with Gasteiger partial charge >= 0.3 is 0 Å². The maximum absolute atomic E-state index is 12.1. The molecule has 23 heavy (non-hydrogen) atoms. The van der Waals surface area contributed by atoms with Gasteiger partial charge in [0, 0.05) is 44.9 Å². The lowest BCUT2D eigenvalue weighted by atomic mass is 10.1. The second-order valence-electron chi connectivity index (χ2n) is 5.60. The molecule has 2 aromatic rings. The van der Waals surface area contributed by atoms with E-state index >= 15 is 0 Å². The van der Waals surface area contributed by atoms with Gasteiger partial charge in [0.1, 0.15) is 5.82 Å². The standard InChI is InChI=1S/C15H18N6O2/c1-11(22)21-9-12(8-20-5-4-16-14(20)10-21)6-17-15(23)13-2-3-18-19-7-13/h2-5,7,12H,6,8-10H2,1H3,(H,17,23). The maximum Gasteiger partial charge on any atom is 0.252 e. The van der Waals surface area contributed by atoms with Crippen molar-refractivity contribution < 1.29 is 9.59 Å². The number of rotatable bonds is 3. The summed E-state index contributed by atoms with van der Waals surface area (Å²) in [4.78, 5) is 29.9. The van der Waals surface area contributed by atoms with Gasteiger partial charge in [-0.25, -0.2) is 4.98 Å². The third-order valence-electron chi connectivity index (χ3n) is 3.91. The van der Waals surface area contributed by atoms with E-state index in [0.717, 1.165) is 5.82 Å². The Morgan fingerprint density at radius 3 is 2.91 bits per heavy atom. The number of hydrogen-bond acceptors (Lipinski definition) is 5. The SMILES string of the molecule is CC(=O)N1Cc2nccn2CC(CNC(=O)c2ccnnc2)C1. The van der Waals surface area contributed by atoms with Crippen molar-refractivity contribution in [2.45, 2.75) is 20.0 Å². The lowest BCUT2D eigenvalue weighted by Gasteiger charge is -2.22. The monoisotopic (exact) mass is 314 g/mol. The summed E-state index contributed by atoms with van der Waals surface area (Å²) in [6, 6.07) is 1.62. The number of amides is 2. The van der Waals surface area contributed by atoms with Crippen molar-refractivity contribution in [2.24, 2.45) is 5.92 Å². The van der Waals surface area contributed by atoms with E-state index in [1.165, 1.54) is 12.4 Å². The smallest absolute Gasteiger partial charge is 0.252 e. The summed E-state index contributed by atoms with van der Waals surface area (Å²) < 4.78 is 2.04. The van der Waals surface area contributed by atoms with Gasteiger partial charge < -0.3 is 14.8 Å². The van der Waals surface area contributed by atoms with E-state index in [4.69, 9.17) is 0 Å². The van der Waals surface area contributed by atoms with Crippen LogP contribution in [0.5, 0.6) is 0 Å². The highest BCUT2D eigenvalue weighted by Crippen LogP contribution is 2.15. The fourth-order valence-electron chi connectivity index (χ4n) is 2.67. The first kappa shape index (κ1) is 15.1. The highest BCUT2D eigenvalue weighted by atomic mass is 16.2. The van der Waals surface area contributed by atoms with Crippen molar-refractivity contribution in [1.82, 2.24) is 30.0 Å². The zero-order valence-corrected chi connectivity index (χ0v) is 12.8. The summed E-state index contributed by atoms with van der Waals surface area (Å²) in [6.07, 6.45) is 6.55. The van der Waals surface area contributed by atoms with Gasteiger partial charge in [-0.05, 0) is 6.07 Å². The second-order valence-corrected chi connectivity index (χ2v) is 5.60. The van der Waals surface area contributed by atoms with Crippen molar-refractivity contribution in [2.75, 3.05) is 13.1 Å². The molecule has 0 fully saturated rings. The van der Waals surface area contributed by atoms with Crippen LogP contribution in [0.2, 0.25) is 0 Å². The molecule has 3 heterocycles. The van der Waals surface area contributed by atoms with Crippen LogP contribution < -0.4 is 5.32 Å². The van der Waals surface area contributed by atoms with Crippen LogP contribution in [0.3, 0.4) is 0 Å². The van der Waals surface area contributed by atoms with Gasteiger partial charge in [-0.2, -0.15) is 10.2 Å². The molecule has 1 N–H and O–H groups in total. The number of imidazole rings is 1. The van der Waals surface area contributed by atoms with Gasteiger partial charge in [0.05, 0.1) is 24.5 Å². The van der Waals surface area contributed by atoms with Crippen molar-refractivity contribution in [3.05, 3.63) is 42.2 Å². The molecular formula is C15H18N6O2. The van der Waals surface area contributed by atoms with Gasteiger partial charge in [0.2, 0.25) is 5.91 Å². The molecule has 0 aliphatic carbocycles. The average molecular weight is 314 g/mol. The molecule has 8 nitrogen and oxygen atoms in total. The predicted octanol–water partition coefficient (Wildman–Crippen LogP) is 0.0814. The first-order chi connectivity index (χ1) is 11.1. The van der Waals surface area contributed by atoms with Gasteiger partial charge in [0.15, 0.2) is 0 Å². The largest absolute Gasteiger partial charge is 0.352 e. The van der Waals surface area contributed by atoms with E-state index in [9.17, 15) is 9.59 Å². The zero-order valence-electron chi connectivity index (χ0n) is 12.8. The predicted molar refractivity (Wildman–Crippen MR) is 81.2 cm³/mol. The number of fused-ring (bicyclic) bond motifs is 1. The molecule has 2 aromatic heterocycles. The Morgan fingerprint density at radius 1 is 1.30 bits per heavy atom.